The smallest absolute Gasteiger partial charge is 0.155 e. The molecule has 94 valence electrons. The van der Waals surface area contributed by atoms with Crippen LogP contribution in [0.3, 0.4) is 0 Å². The number of aliphatic hydroxyl groups excluding tert-OH is 1. The van der Waals surface area contributed by atoms with Crippen molar-refractivity contribution in [2.24, 2.45) is 0 Å². The molecule has 0 saturated carbocycles. The average Bonchev–Trinajstić information content (AvgIpc) is 2.46. The molecule has 0 amide bonds. The summed E-state index contributed by atoms with van der Waals surface area (Å²) in [6, 6.07) is 5.45. The molecule has 1 aliphatic heterocycles. The largest absolute Gasteiger partial charge is 0.390 e. The SMILES string of the molecule is Cc1ccc(N[C@H]2CS(=O)(=O)C[C@H]2O)cc1C. The van der Waals surface area contributed by atoms with E-state index in [9.17, 15) is 13.5 Å². The molecule has 0 unspecified atom stereocenters. The number of anilines is 1. The van der Waals surface area contributed by atoms with Crippen molar-refractivity contribution >= 4 is 15.5 Å². The van der Waals surface area contributed by atoms with E-state index in [-0.39, 0.29) is 11.5 Å². The monoisotopic (exact) mass is 255 g/mol. The first-order valence-electron chi connectivity index (χ1n) is 5.60. The first-order chi connectivity index (χ1) is 7.87. The van der Waals surface area contributed by atoms with Gasteiger partial charge in [0.05, 0.1) is 23.7 Å². The van der Waals surface area contributed by atoms with E-state index in [1.54, 1.807) is 0 Å². The van der Waals surface area contributed by atoms with Gasteiger partial charge in [-0.05, 0) is 37.1 Å². The highest BCUT2D eigenvalue weighted by Gasteiger charge is 2.36. The Morgan fingerprint density at radius 1 is 1.24 bits per heavy atom. The Morgan fingerprint density at radius 2 is 1.94 bits per heavy atom. The average molecular weight is 255 g/mol. The summed E-state index contributed by atoms with van der Waals surface area (Å²) in [7, 11) is -3.10. The van der Waals surface area contributed by atoms with Gasteiger partial charge in [-0.3, -0.25) is 0 Å². The zero-order valence-corrected chi connectivity index (χ0v) is 10.8. The fourth-order valence-electron chi connectivity index (χ4n) is 2.01. The first-order valence-corrected chi connectivity index (χ1v) is 7.42. The molecule has 1 aromatic rings. The Labute approximate surface area is 102 Å². The van der Waals surface area contributed by atoms with E-state index in [0.717, 1.165) is 11.3 Å². The van der Waals surface area contributed by atoms with Gasteiger partial charge in [0.2, 0.25) is 0 Å². The molecule has 17 heavy (non-hydrogen) atoms. The van der Waals surface area contributed by atoms with Gasteiger partial charge in [0.1, 0.15) is 0 Å². The normalized spacial score (nSPS) is 27.0. The van der Waals surface area contributed by atoms with Crippen molar-refractivity contribution in [2.75, 3.05) is 16.8 Å². The van der Waals surface area contributed by atoms with E-state index < -0.39 is 22.0 Å². The van der Waals surface area contributed by atoms with Crippen LogP contribution in [0.25, 0.3) is 0 Å². The first kappa shape index (κ1) is 12.4. The number of nitrogens with one attached hydrogen (secondary N) is 1. The van der Waals surface area contributed by atoms with Crippen LogP contribution in [0.5, 0.6) is 0 Å². The maximum atomic E-state index is 11.4. The molecule has 0 radical (unpaired) electrons. The number of aryl methyl sites for hydroxylation is 2. The zero-order valence-electron chi connectivity index (χ0n) is 9.97. The minimum Gasteiger partial charge on any atom is -0.390 e. The van der Waals surface area contributed by atoms with Gasteiger partial charge >= 0.3 is 0 Å². The van der Waals surface area contributed by atoms with Gasteiger partial charge in [-0.15, -0.1) is 0 Å². The molecule has 1 saturated heterocycles. The molecule has 2 atom stereocenters. The van der Waals surface area contributed by atoms with Gasteiger partial charge < -0.3 is 10.4 Å². The van der Waals surface area contributed by atoms with Crippen LogP contribution in [0.2, 0.25) is 0 Å². The standard InChI is InChI=1S/C12H17NO3S/c1-8-3-4-10(5-9(8)2)13-11-6-17(15,16)7-12(11)14/h3-5,11-14H,6-7H2,1-2H3/t11-,12+/m0/s1. The minimum atomic E-state index is -3.10. The van der Waals surface area contributed by atoms with Gasteiger partial charge in [-0.25, -0.2) is 8.42 Å². The topological polar surface area (TPSA) is 66.4 Å². The summed E-state index contributed by atoms with van der Waals surface area (Å²) < 4.78 is 22.7. The van der Waals surface area contributed by atoms with Crippen LogP contribution in [-0.2, 0) is 9.84 Å². The highest BCUT2D eigenvalue weighted by atomic mass is 32.2. The van der Waals surface area contributed by atoms with E-state index in [0.29, 0.717) is 0 Å². The van der Waals surface area contributed by atoms with E-state index in [2.05, 4.69) is 5.32 Å². The third-order valence-corrected chi connectivity index (χ3v) is 4.90. The van der Waals surface area contributed by atoms with Crippen molar-refractivity contribution in [3.05, 3.63) is 29.3 Å². The lowest BCUT2D eigenvalue weighted by molar-refractivity contribution is 0.190. The summed E-state index contributed by atoms with van der Waals surface area (Å²) in [6.45, 7) is 4.02. The molecule has 1 aliphatic rings. The van der Waals surface area contributed by atoms with Crippen molar-refractivity contribution in [3.63, 3.8) is 0 Å². The number of aliphatic hydroxyl groups is 1. The predicted octanol–water partition coefficient (Wildman–Crippen LogP) is 0.873. The van der Waals surface area contributed by atoms with Gasteiger partial charge in [0, 0.05) is 5.69 Å². The fraction of sp³-hybridized carbons (Fsp3) is 0.500. The maximum absolute atomic E-state index is 11.4. The highest BCUT2D eigenvalue weighted by molar-refractivity contribution is 7.91. The number of sulfone groups is 1. The molecule has 1 aromatic carbocycles. The Hall–Kier alpha value is -1.07. The molecule has 5 heteroatoms. The van der Waals surface area contributed by atoms with Gasteiger partial charge in [-0.1, -0.05) is 6.07 Å². The summed E-state index contributed by atoms with van der Waals surface area (Å²) in [5.74, 6) is -0.142. The molecule has 2 N–H and O–H groups in total. The van der Waals surface area contributed by atoms with Crippen LogP contribution < -0.4 is 5.32 Å². The maximum Gasteiger partial charge on any atom is 0.155 e. The molecule has 0 bridgehead atoms. The molecule has 2 rings (SSSR count). The third-order valence-electron chi connectivity index (χ3n) is 3.18. The van der Waals surface area contributed by atoms with Crippen molar-refractivity contribution in [1.82, 2.24) is 0 Å². The van der Waals surface area contributed by atoms with Crippen molar-refractivity contribution < 1.29 is 13.5 Å². The second-order valence-electron chi connectivity index (χ2n) is 4.69. The van der Waals surface area contributed by atoms with E-state index in [4.69, 9.17) is 0 Å². The van der Waals surface area contributed by atoms with Crippen molar-refractivity contribution in [2.45, 2.75) is 26.0 Å². The number of hydrogen-bond acceptors (Lipinski definition) is 4. The molecular weight excluding hydrogens is 238 g/mol. The Kier molecular flexibility index (Phi) is 3.14. The number of benzene rings is 1. The van der Waals surface area contributed by atoms with Gasteiger partial charge in [0.25, 0.3) is 0 Å². The fourth-order valence-corrected chi connectivity index (χ4v) is 3.75. The summed E-state index contributed by atoms with van der Waals surface area (Å²) in [6.07, 6.45) is -0.818. The molecule has 0 spiro atoms. The van der Waals surface area contributed by atoms with Crippen LogP contribution in [0, 0.1) is 13.8 Å². The number of hydrogen-bond donors (Lipinski definition) is 2. The van der Waals surface area contributed by atoms with Crippen LogP contribution in [0.4, 0.5) is 5.69 Å². The summed E-state index contributed by atoms with van der Waals surface area (Å²) in [4.78, 5) is 0. The molecular formula is C12H17NO3S. The molecule has 0 aromatic heterocycles. The lowest BCUT2D eigenvalue weighted by Gasteiger charge is -2.17. The van der Waals surface area contributed by atoms with E-state index in [1.165, 1.54) is 5.56 Å². The summed E-state index contributed by atoms with van der Waals surface area (Å²) in [5, 5.41) is 12.8. The van der Waals surface area contributed by atoms with Gasteiger partial charge in [-0.2, -0.15) is 0 Å². The van der Waals surface area contributed by atoms with Crippen molar-refractivity contribution in [3.8, 4) is 0 Å². The molecule has 4 nitrogen and oxygen atoms in total. The lowest BCUT2D eigenvalue weighted by atomic mass is 10.1. The van der Waals surface area contributed by atoms with E-state index >= 15 is 0 Å². The van der Waals surface area contributed by atoms with Crippen LogP contribution in [0.1, 0.15) is 11.1 Å². The Morgan fingerprint density at radius 3 is 2.47 bits per heavy atom. The van der Waals surface area contributed by atoms with Crippen LogP contribution in [0.15, 0.2) is 18.2 Å². The van der Waals surface area contributed by atoms with Crippen molar-refractivity contribution in [1.29, 1.82) is 0 Å². The highest BCUT2D eigenvalue weighted by Crippen LogP contribution is 2.20. The minimum absolute atomic E-state index is 0.00108. The van der Waals surface area contributed by atoms with Gasteiger partial charge in [0.15, 0.2) is 9.84 Å². The molecule has 1 heterocycles. The Bertz CT molecular complexity index is 525. The summed E-state index contributed by atoms with van der Waals surface area (Å²) >= 11 is 0. The van der Waals surface area contributed by atoms with Crippen LogP contribution >= 0.6 is 0 Å². The molecule has 1 fully saturated rings. The number of rotatable bonds is 2. The molecule has 0 aliphatic carbocycles. The second kappa shape index (κ2) is 4.31. The Balaban J connectivity index is 2.14. The van der Waals surface area contributed by atoms with E-state index in [1.807, 2.05) is 32.0 Å². The lowest BCUT2D eigenvalue weighted by Crippen LogP contribution is -2.31. The van der Waals surface area contributed by atoms with Crippen LogP contribution in [-0.4, -0.2) is 37.2 Å². The summed E-state index contributed by atoms with van der Waals surface area (Å²) in [5.41, 5.74) is 3.19. The third kappa shape index (κ3) is 2.79. The predicted molar refractivity (Wildman–Crippen MR) is 68.0 cm³/mol. The zero-order chi connectivity index (χ0) is 12.6. The quantitative estimate of drug-likeness (QED) is 0.823. The second-order valence-corrected chi connectivity index (χ2v) is 6.85.